The molecule has 0 aromatic carbocycles. The molecule has 0 fully saturated rings. The summed E-state index contributed by atoms with van der Waals surface area (Å²) in [6.45, 7) is 2.71. The van der Waals surface area contributed by atoms with Gasteiger partial charge in [-0.15, -0.1) is 11.3 Å². The molecule has 0 aliphatic rings. The average Bonchev–Trinajstić information content (AvgIpc) is 2.92. The summed E-state index contributed by atoms with van der Waals surface area (Å²) in [6, 6.07) is 3.40. The molecule has 0 radical (unpaired) electrons. The fourth-order valence-corrected chi connectivity index (χ4v) is 2.55. The van der Waals surface area contributed by atoms with Crippen LogP contribution in [0.5, 0.6) is 0 Å². The minimum Gasteiger partial charge on any atom is -0.288 e. The SMILES string of the molecule is CCn1cc(Cl)c(/C=C/C(=O)c2ccc(Cl)s2)n1. The third-order valence-electron chi connectivity index (χ3n) is 2.28. The van der Waals surface area contributed by atoms with Crippen molar-refractivity contribution in [3.8, 4) is 0 Å². The molecule has 6 heteroatoms. The van der Waals surface area contributed by atoms with Crippen LogP contribution in [0.15, 0.2) is 24.4 Å². The van der Waals surface area contributed by atoms with Gasteiger partial charge in [-0.3, -0.25) is 9.48 Å². The van der Waals surface area contributed by atoms with Gasteiger partial charge < -0.3 is 0 Å². The zero-order valence-corrected chi connectivity index (χ0v) is 11.9. The molecule has 2 aromatic heterocycles. The summed E-state index contributed by atoms with van der Waals surface area (Å²) in [5.74, 6) is -0.103. The van der Waals surface area contributed by atoms with E-state index in [0.29, 0.717) is 19.9 Å². The summed E-state index contributed by atoms with van der Waals surface area (Å²) in [5, 5.41) is 4.75. The molecule has 0 bridgehead atoms. The first-order valence-electron chi connectivity index (χ1n) is 5.31. The van der Waals surface area contributed by atoms with Gasteiger partial charge in [-0.1, -0.05) is 23.2 Å². The fourth-order valence-electron chi connectivity index (χ4n) is 1.37. The maximum Gasteiger partial charge on any atom is 0.195 e. The van der Waals surface area contributed by atoms with E-state index >= 15 is 0 Å². The van der Waals surface area contributed by atoms with Crippen molar-refractivity contribution in [2.45, 2.75) is 13.5 Å². The quantitative estimate of drug-likeness (QED) is 0.627. The number of ketones is 1. The highest BCUT2D eigenvalue weighted by molar-refractivity contribution is 7.18. The predicted molar refractivity (Wildman–Crippen MR) is 75.6 cm³/mol. The van der Waals surface area contributed by atoms with Crippen LogP contribution >= 0.6 is 34.5 Å². The van der Waals surface area contributed by atoms with Crippen LogP contribution < -0.4 is 0 Å². The number of carbonyl (C=O) groups excluding carboxylic acids is 1. The summed E-state index contributed by atoms with van der Waals surface area (Å²) in [7, 11) is 0. The van der Waals surface area contributed by atoms with Crippen molar-refractivity contribution >= 4 is 46.4 Å². The molecule has 0 spiro atoms. The zero-order chi connectivity index (χ0) is 13.1. The summed E-state index contributed by atoms with van der Waals surface area (Å²) in [4.78, 5) is 12.4. The van der Waals surface area contributed by atoms with Crippen LogP contribution in [-0.2, 0) is 6.54 Å². The second-order valence-electron chi connectivity index (χ2n) is 3.52. The molecule has 0 aliphatic heterocycles. The van der Waals surface area contributed by atoms with Crippen molar-refractivity contribution in [3.05, 3.63) is 44.3 Å². The monoisotopic (exact) mass is 300 g/mol. The van der Waals surface area contributed by atoms with Crippen LogP contribution in [0.4, 0.5) is 0 Å². The van der Waals surface area contributed by atoms with E-state index in [0.717, 1.165) is 6.54 Å². The number of hydrogen-bond donors (Lipinski definition) is 0. The van der Waals surface area contributed by atoms with E-state index in [9.17, 15) is 4.79 Å². The van der Waals surface area contributed by atoms with Gasteiger partial charge in [0, 0.05) is 12.7 Å². The first-order valence-corrected chi connectivity index (χ1v) is 6.88. The third-order valence-corrected chi connectivity index (χ3v) is 3.81. The van der Waals surface area contributed by atoms with Gasteiger partial charge in [-0.2, -0.15) is 5.10 Å². The molecule has 0 unspecified atom stereocenters. The van der Waals surface area contributed by atoms with E-state index in [2.05, 4.69) is 5.10 Å². The smallest absolute Gasteiger partial charge is 0.195 e. The van der Waals surface area contributed by atoms with Gasteiger partial charge in [0.1, 0.15) is 5.69 Å². The summed E-state index contributed by atoms with van der Waals surface area (Å²) >= 11 is 13.0. The van der Waals surface area contributed by atoms with Crippen molar-refractivity contribution in [3.63, 3.8) is 0 Å². The standard InChI is InChI=1S/C12H10Cl2N2OS/c1-2-16-7-8(13)9(15-16)3-4-10(17)11-5-6-12(14)18-11/h3-7H,2H2,1H3/b4-3+. The summed E-state index contributed by atoms with van der Waals surface area (Å²) in [5.41, 5.74) is 0.592. The molecule has 2 aromatic rings. The lowest BCUT2D eigenvalue weighted by atomic mass is 10.2. The number of aromatic nitrogens is 2. The molecule has 0 amide bonds. The molecule has 0 aliphatic carbocycles. The average molecular weight is 301 g/mol. The number of halogens is 2. The highest BCUT2D eigenvalue weighted by Gasteiger charge is 2.07. The van der Waals surface area contributed by atoms with Gasteiger partial charge in [-0.05, 0) is 31.2 Å². The first kappa shape index (κ1) is 13.3. The van der Waals surface area contributed by atoms with Crippen molar-refractivity contribution in [2.24, 2.45) is 0 Å². The Morgan fingerprint density at radius 3 is 2.83 bits per heavy atom. The lowest BCUT2D eigenvalue weighted by Gasteiger charge is -1.90. The molecule has 2 rings (SSSR count). The predicted octanol–water partition coefficient (Wildman–Crippen LogP) is 4.17. The van der Waals surface area contributed by atoms with Crippen LogP contribution in [0.2, 0.25) is 9.36 Å². The van der Waals surface area contributed by atoms with Crippen LogP contribution in [0.1, 0.15) is 22.3 Å². The molecule has 0 N–H and O–H groups in total. The molecule has 94 valence electrons. The second kappa shape index (κ2) is 5.69. The van der Waals surface area contributed by atoms with Crippen LogP contribution in [0.3, 0.4) is 0 Å². The van der Waals surface area contributed by atoms with Gasteiger partial charge in [0.25, 0.3) is 0 Å². The van der Waals surface area contributed by atoms with Gasteiger partial charge >= 0.3 is 0 Å². The molecule has 3 nitrogen and oxygen atoms in total. The van der Waals surface area contributed by atoms with Gasteiger partial charge in [0.15, 0.2) is 5.78 Å². The number of hydrogen-bond acceptors (Lipinski definition) is 3. The maximum absolute atomic E-state index is 11.8. The van der Waals surface area contributed by atoms with Crippen molar-refractivity contribution in [1.82, 2.24) is 9.78 Å². The van der Waals surface area contributed by atoms with E-state index in [1.807, 2.05) is 6.92 Å². The molecule has 2 heterocycles. The number of carbonyl (C=O) groups is 1. The van der Waals surface area contributed by atoms with Gasteiger partial charge in [0.2, 0.25) is 0 Å². The Morgan fingerprint density at radius 1 is 1.50 bits per heavy atom. The lowest BCUT2D eigenvalue weighted by Crippen LogP contribution is -1.94. The highest BCUT2D eigenvalue weighted by atomic mass is 35.5. The minimum atomic E-state index is -0.103. The Hall–Kier alpha value is -1.10. The van der Waals surface area contributed by atoms with Crippen LogP contribution in [0, 0.1) is 0 Å². The fraction of sp³-hybridized carbons (Fsp3) is 0.167. The molecule has 0 saturated carbocycles. The normalized spacial score (nSPS) is 11.3. The topological polar surface area (TPSA) is 34.9 Å². The highest BCUT2D eigenvalue weighted by Crippen LogP contribution is 2.22. The largest absolute Gasteiger partial charge is 0.288 e. The van der Waals surface area contributed by atoms with Crippen molar-refractivity contribution in [1.29, 1.82) is 0 Å². The van der Waals surface area contributed by atoms with Crippen LogP contribution in [0.25, 0.3) is 6.08 Å². The van der Waals surface area contributed by atoms with E-state index in [-0.39, 0.29) is 5.78 Å². The Bertz CT molecular complexity index is 601. The Kier molecular flexibility index (Phi) is 4.22. The molecule has 18 heavy (non-hydrogen) atoms. The summed E-state index contributed by atoms with van der Waals surface area (Å²) < 4.78 is 2.31. The Labute approximate surface area is 119 Å². The van der Waals surface area contributed by atoms with E-state index < -0.39 is 0 Å². The maximum atomic E-state index is 11.8. The Morgan fingerprint density at radius 2 is 2.28 bits per heavy atom. The first-order chi connectivity index (χ1) is 8.60. The summed E-state index contributed by atoms with van der Waals surface area (Å²) in [6.07, 6.45) is 4.80. The van der Waals surface area contributed by atoms with Gasteiger partial charge in [0.05, 0.1) is 14.2 Å². The molecule has 0 atom stereocenters. The third kappa shape index (κ3) is 3.02. The Balaban J connectivity index is 2.15. The van der Waals surface area contributed by atoms with Crippen molar-refractivity contribution in [2.75, 3.05) is 0 Å². The van der Waals surface area contributed by atoms with E-state index in [4.69, 9.17) is 23.2 Å². The number of rotatable bonds is 4. The molecular formula is C12H10Cl2N2OS. The zero-order valence-electron chi connectivity index (χ0n) is 9.56. The number of allylic oxidation sites excluding steroid dienone is 1. The molecule has 0 saturated heterocycles. The van der Waals surface area contributed by atoms with Crippen molar-refractivity contribution < 1.29 is 4.79 Å². The minimum absolute atomic E-state index is 0.103. The second-order valence-corrected chi connectivity index (χ2v) is 5.64. The van der Waals surface area contributed by atoms with Gasteiger partial charge in [-0.25, -0.2) is 0 Å². The van der Waals surface area contributed by atoms with E-state index in [1.54, 1.807) is 29.1 Å². The number of aryl methyl sites for hydroxylation is 1. The van der Waals surface area contributed by atoms with E-state index in [1.165, 1.54) is 17.4 Å². The lowest BCUT2D eigenvalue weighted by molar-refractivity contribution is 0.105. The number of thiophene rings is 1. The van der Waals surface area contributed by atoms with Crippen LogP contribution in [-0.4, -0.2) is 15.6 Å². The molecular weight excluding hydrogens is 291 g/mol. The number of nitrogens with zero attached hydrogens (tertiary/aromatic N) is 2.